The van der Waals surface area contributed by atoms with E-state index in [1.165, 1.54) is 19.3 Å². The van der Waals surface area contributed by atoms with Crippen LogP contribution in [0.2, 0.25) is 0 Å². The Labute approximate surface area is 94.9 Å². The fraction of sp³-hybridized carbons (Fsp3) is 0.625. The molecule has 0 unspecified atom stereocenters. The number of aromatic nitrogens is 2. The number of hydrogen-bond acceptors (Lipinski definition) is 0. The maximum atomic E-state index is 9.87. The molecule has 0 aliphatic heterocycles. The molecule has 0 saturated carbocycles. The molecule has 0 saturated heterocycles. The van der Waals surface area contributed by atoms with E-state index in [1.54, 1.807) is 0 Å². The maximum absolute atomic E-state index is 10.7. The van der Waals surface area contributed by atoms with E-state index in [9.17, 15) is 25.2 Å². The summed E-state index contributed by atoms with van der Waals surface area (Å²) in [6.07, 6.45) is 9.93. The third-order valence-electron chi connectivity index (χ3n) is 1.62. The minimum atomic E-state index is -10.7. The zero-order valence-corrected chi connectivity index (χ0v) is 10.1. The summed E-state index contributed by atoms with van der Waals surface area (Å²) in [6.45, 7) is 3.37. The standard InChI is InChI=1S/C8H14N2.F6P/c1-2-3-4-6-10-7-5-9-8-10;1-7(2,3,4,5)6/h5,7-8H,2-4,6H2,1H3;/q;-1/p+1. The summed E-state index contributed by atoms with van der Waals surface area (Å²) in [5.74, 6) is 0. The van der Waals surface area contributed by atoms with Crippen LogP contribution in [0.3, 0.4) is 0 Å². The molecule has 0 aliphatic carbocycles. The minimum absolute atomic E-state index is 1.15. The number of hydrogen-bond donors (Lipinski definition) is 1. The van der Waals surface area contributed by atoms with Gasteiger partial charge >= 0.3 is 33.0 Å². The van der Waals surface area contributed by atoms with Gasteiger partial charge < -0.3 is 0 Å². The first-order valence-electron chi connectivity index (χ1n) is 4.96. The summed E-state index contributed by atoms with van der Waals surface area (Å²) in [7, 11) is -10.7. The first-order valence-corrected chi connectivity index (χ1v) is 6.99. The Morgan fingerprint density at radius 3 is 1.94 bits per heavy atom. The van der Waals surface area contributed by atoms with E-state index in [-0.39, 0.29) is 0 Å². The molecule has 9 heteroatoms. The Bertz CT molecular complexity index is 304. The number of nitrogens with one attached hydrogen (secondary N) is 1. The van der Waals surface area contributed by atoms with Crippen molar-refractivity contribution in [3.63, 3.8) is 0 Å². The summed E-state index contributed by atoms with van der Waals surface area (Å²) in [5.41, 5.74) is 0. The van der Waals surface area contributed by atoms with Crippen molar-refractivity contribution in [1.82, 2.24) is 4.98 Å². The van der Waals surface area contributed by atoms with Gasteiger partial charge in [-0.3, -0.25) is 4.98 Å². The van der Waals surface area contributed by atoms with Gasteiger partial charge in [0.2, 0.25) is 6.33 Å². The predicted octanol–water partition coefficient (Wildman–Crippen LogP) is 4.87. The first kappa shape index (κ1) is 16.2. The van der Waals surface area contributed by atoms with Gasteiger partial charge in [0.05, 0.1) is 6.54 Å². The molecule has 2 nitrogen and oxygen atoms in total. The number of nitrogens with zero attached hydrogens (tertiary/aromatic N) is 1. The normalized spacial score (nSPS) is 15.5. The fourth-order valence-corrected chi connectivity index (χ4v) is 1.00. The van der Waals surface area contributed by atoms with E-state index in [0.29, 0.717) is 0 Å². The van der Waals surface area contributed by atoms with Crippen molar-refractivity contribution in [3.8, 4) is 0 Å². The Morgan fingerprint density at radius 1 is 1.06 bits per heavy atom. The van der Waals surface area contributed by atoms with Crippen LogP contribution in [0.5, 0.6) is 0 Å². The van der Waals surface area contributed by atoms with Gasteiger partial charge in [-0.15, -0.1) is 0 Å². The Morgan fingerprint density at radius 2 is 1.59 bits per heavy atom. The average molecular weight is 284 g/mol. The molecule has 0 atom stereocenters. The summed E-state index contributed by atoms with van der Waals surface area (Å²) in [6, 6.07) is 0. The summed E-state index contributed by atoms with van der Waals surface area (Å²) in [4.78, 5) is 3.02. The Balaban J connectivity index is 0.000000325. The number of H-pyrrole nitrogens is 1. The van der Waals surface area contributed by atoms with E-state index in [4.69, 9.17) is 0 Å². The predicted molar refractivity (Wildman–Crippen MR) is 54.1 cm³/mol. The molecule has 1 aromatic heterocycles. The van der Waals surface area contributed by atoms with E-state index in [1.807, 2.05) is 12.5 Å². The molecule has 1 N–H and O–H groups in total. The third kappa shape index (κ3) is 21.1. The van der Waals surface area contributed by atoms with Crippen LogP contribution in [-0.2, 0) is 6.54 Å². The van der Waals surface area contributed by atoms with Gasteiger partial charge in [-0.2, -0.15) is 0 Å². The molecule has 104 valence electrons. The van der Waals surface area contributed by atoms with Crippen molar-refractivity contribution in [2.45, 2.75) is 32.7 Å². The molecule has 1 rings (SSSR count). The molecule has 1 heterocycles. The van der Waals surface area contributed by atoms with Crippen molar-refractivity contribution in [2.75, 3.05) is 0 Å². The van der Waals surface area contributed by atoms with Crippen LogP contribution in [0, 0.1) is 0 Å². The third-order valence-corrected chi connectivity index (χ3v) is 1.62. The summed E-state index contributed by atoms with van der Waals surface area (Å²) in [5, 5.41) is 0. The van der Waals surface area contributed by atoms with Gasteiger partial charge in [0, 0.05) is 0 Å². The number of unbranched alkanes of at least 4 members (excludes halogenated alkanes) is 2. The molecule has 0 fully saturated rings. The molecule has 0 amide bonds. The van der Waals surface area contributed by atoms with Crippen molar-refractivity contribution in [3.05, 3.63) is 18.7 Å². The van der Waals surface area contributed by atoms with Gasteiger partial charge in [0.15, 0.2) is 0 Å². The number of imidazole rings is 1. The van der Waals surface area contributed by atoms with Crippen molar-refractivity contribution in [1.29, 1.82) is 0 Å². The number of rotatable bonds is 4. The van der Waals surface area contributed by atoms with Gasteiger partial charge in [-0.1, -0.05) is 13.3 Å². The van der Waals surface area contributed by atoms with Gasteiger partial charge in [-0.05, 0) is 12.8 Å². The Kier molecular flexibility index (Phi) is 4.62. The average Bonchev–Trinajstić information content (AvgIpc) is 2.51. The molecule has 0 radical (unpaired) electrons. The van der Waals surface area contributed by atoms with E-state index in [2.05, 4.69) is 22.7 Å². The Hall–Kier alpha value is -0.780. The van der Waals surface area contributed by atoms with Crippen molar-refractivity contribution < 1.29 is 29.7 Å². The van der Waals surface area contributed by atoms with Crippen LogP contribution < -0.4 is 4.57 Å². The molecule has 0 spiro atoms. The van der Waals surface area contributed by atoms with Crippen LogP contribution in [0.1, 0.15) is 26.2 Å². The van der Waals surface area contributed by atoms with Crippen LogP contribution >= 0.6 is 7.81 Å². The molecule has 1 aromatic rings. The molecule has 17 heavy (non-hydrogen) atoms. The van der Waals surface area contributed by atoms with Gasteiger partial charge in [0.25, 0.3) is 0 Å². The molecular formula is C8H15F6N2P. The van der Waals surface area contributed by atoms with Crippen LogP contribution in [0.15, 0.2) is 18.7 Å². The fourth-order valence-electron chi connectivity index (χ4n) is 1.00. The number of aryl methyl sites for hydroxylation is 1. The van der Waals surface area contributed by atoms with Crippen molar-refractivity contribution in [2.24, 2.45) is 0 Å². The molecular weight excluding hydrogens is 269 g/mol. The van der Waals surface area contributed by atoms with E-state index >= 15 is 0 Å². The topological polar surface area (TPSA) is 19.7 Å². The second-order valence-corrected chi connectivity index (χ2v) is 5.43. The van der Waals surface area contributed by atoms with Crippen LogP contribution in [0.25, 0.3) is 0 Å². The second kappa shape index (κ2) is 4.84. The van der Waals surface area contributed by atoms with Crippen LogP contribution in [0.4, 0.5) is 25.2 Å². The number of halogens is 6. The quantitative estimate of drug-likeness (QED) is 0.352. The van der Waals surface area contributed by atoms with Crippen LogP contribution in [-0.4, -0.2) is 4.98 Å². The molecule has 0 aliphatic rings. The summed E-state index contributed by atoms with van der Waals surface area (Å²) < 4.78 is 61.4. The first-order chi connectivity index (χ1) is 7.38. The van der Waals surface area contributed by atoms with Crippen molar-refractivity contribution >= 4 is 7.81 Å². The monoisotopic (exact) mass is 284 g/mol. The second-order valence-electron chi connectivity index (χ2n) is 3.51. The van der Waals surface area contributed by atoms with Gasteiger partial charge in [0.1, 0.15) is 12.4 Å². The van der Waals surface area contributed by atoms with Gasteiger partial charge in [-0.25, -0.2) is 4.57 Å². The zero-order valence-electron chi connectivity index (χ0n) is 9.22. The van der Waals surface area contributed by atoms with E-state index < -0.39 is 7.81 Å². The van der Waals surface area contributed by atoms with E-state index in [0.717, 1.165) is 6.54 Å². The molecule has 0 bridgehead atoms. The SMILES string of the molecule is CCCCC[n+]1cc[nH]c1.F[P-](F)(F)(F)(F)F. The zero-order chi connectivity index (χ0) is 13.6. The summed E-state index contributed by atoms with van der Waals surface area (Å²) >= 11 is 0. The number of aromatic amines is 1. The molecule has 0 aromatic carbocycles.